The highest BCUT2D eigenvalue weighted by Crippen LogP contribution is 1.77. The molecule has 0 atom stereocenters. The highest BCUT2D eigenvalue weighted by Gasteiger charge is 1.67. The van der Waals surface area contributed by atoms with Gasteiger partial charge in [0.2, 0.25) is 0 Å². The van der Waals surface area contributed by atoms with Gasteiger partial charge in [-0.1, -0.05) is 12.2 Å². The minimum atomic E-state index is 0.412. The van der Waals surface area contributed by atoms with Crippen LogP contribution < -0.4 is 5.48 Å². The summed E-state index contributed by atoms with van der Waals surface area (Å²) in [5, 5.41) is 7.98. The van der Waals surface area contributed by atoms with Crippen LogP contribution in [0.4, 0.5) is 0 Å². The highest BCUT2D eigenvalue weighted by molar-refractivity contribution is 5.51. The molecule has 0 rings (SSSR count). The van der Waals surface area contributed by atoms with Gasteiger partial charge in [0.05, 0.1) is 0 Å². The second kappa shape index (κ2) is 6.91. The molecule has 0 aromatic rings. The second-order valence-electron chi connectivity index (χ2n) is 1.32. The molecule has 0 aromatic carbocycles. The number of hydroxylamine groups is 1. The summed E-state index contributed by atoms with van der Waals surface area (Å²) in [5.41, 5.74) is 1.82. The quantitative estimate of drug-likeness (QED) is 0.330. The molecule has 50 valence electrons. The first kappa shape index (κ1) is 7.91. The molecule has 9 heavy (non-hydrogen) atoms. The fraction of sp³-hybridized carbons (Fsp3) is 0.167. The maximum absolute atomic E-state index is 9.70. The number of rotatable bonds is 4. The van der Waals surface area contributed by atoms with E-state index < -0.39 is 0 Å². The van der Waals surface area contributed by atoms with Gasteiger partial charge in [-0.3, -0.25) is 10.7 Å². The third kappa shape index (κ3) is 6.91. The third-order valence-electron chi connectivity index (χ3n) is 0.650. The zero-order valence-electron chi connectivity index (χ0n) is 4.95. The Balaban J connectivity index is 3.23. The smallest absolute Gasteiger partial charge is 0.123 e. The van der Waals surface area contributed by atoms with E-state index >= 15 is 0 Å². The Morgan fingerprint density at radius 1 is 1.44 bits per heavy atom. The molecule has 0 radical (unpaired) electrons. The SMILES string of the molecule is O=CC/C=C\C=C/NO. The number of hydrogen-bond acceptors (Lipinski definition) is 3. The summed E-state index contributed by atoms with van der Waals surface area (Å²) in [6.07, 6.45) is 7.50. The zero-order chi connectivity index (χ0) is 6.95. The minimum Gasteiger partial charge on any atom is -0.303 e. The van der Waals surface area contributed by atoms with Gasteiger partial charge in [0.25, 0.3) is 0 Å². The van der Waals surface area contributed by atoms with Gasteiger partial charge in [0.15, 0.2) is 0 Å². The Kier molecular flexibility index (Phi) is 6.07. The fourth-order valence-corrected chi connectivity index (χ4v) is 0.311. The molecule has 2 N–H and O–H groups in total. The predicted molar refractivity (Wildman–Crippen MR) is 33.9 cm³/mol. The number of allylic oxidation sites excluding steroid dienone is 3. The Hall–Kier alpha value is -1.09. The predicted octanol–water partition coefficient (Wildman–Crippen LogP) is 0.624. The Morgan fingerprint density at radius 3 is 2.78 bits per heavy atom. The van der Waals surface area contributed by atoms with Crippen LogP contribution in [-0.4, -0.2) is 11.5 Å². The number of aldehydes is 1. The van der Waals surface area contributed by atoms with Crippen molar-refractivity contribution in [1.29, 1.82) is 0 Å². The Labute approximate surface area is 53.6 Å². The summed E-state index contributed by atoms with van der Waals surface area (Å²) < 4.78 is 0. The molecule has 0 aromatic heterocycles. The Morgan fingerprint density at radius 2 is 2.22 bits per heavy atom. The summed E-state index contributed by atoms with van der Waals surface area (Å²) >= 11 is 0. The molecule has 0 heterocycles. The molecule has 3 nitrogen and oxygen atoms in total. The molecule has 0 amide bonds. The second-order valence-corrected chi connectivity index (χ2v) is 1.32. The van der Waals surface area contributed by atoms with Crippen LogP contribution in [0.1, 0.15) is 6.42 Å². The van der Waals surface area contributed by atoms with Crippen LogP contribution in [0.5, 0.6) is 0 Å². The Bertz CT molecular complexity index is 118. The lowest BCUT2D eigenvalue weighted by Gasteiger charge is -1.78. The highest BCUT2D eigenvalue weighted by atomic mass is 16.5. The van der Waals surface area contributed by atoms with Crippen LogP contribution >= 0.6 is 0 Å². The van der Waals surface area contributed by atoms with E-state index in [1.54, 1.807) is 18.2 Å². The van der Waals surface area contributed by atoms with Crippen LogP contribution in [0.3, 0.4) is 0 Å². The topological polar surface area (TPSA) is 49.3 Å². The normalized spacial score (nSPS) is 10.8. The average molecular weight is 127 g/mol. The molecule has 0 fully saturated rings. The van der Waals surface area contributed by atoms with Gasteiger partial charge in [-0.2, -0.15) is 0 Å². The van der Waals surface area contributed by atoms with Gasteiger partial charge >= 0.3 is 0 Å². The van der Waals surface area contributed by atoms with Crippen LogP contribution in [-0.2, 0) is 4.79 Å². The fourth-order valence-electron chi connectivity index (χ4n) is 0.311. The largest absolute Gasteiger partial charge is 0.303 e. The molecule has 0 aliphatic carbocycles. The maximum atomic E-state index is 9.70. The van der Waals surface area contributed by atoms with Crippen LogP contribution in [0.15, 0.2) is 24.4 Å². The molecule has 0 saturated heterocycles. The van der Waals surface area contributed by atoms with Crippen molar-refractivity contribution >= 4 is 6.29 Å². The van der Waals surface area contributed by atoms with Crippen LogP contribution in [0.2, 0.25) is 0 Å². The van der Waals surface area contributed by atoms with Crippen molar-refractivity contribution in [3.63, 3.8) is 0 Å². The summed E-state index contributed by atoms with van der Waals surface area (Å²) in [6, 6.07) is 0. The van der Waals surface area contributed by atoms with Crippen molar-refractivity contribution in [1.82, 2.24) is 5.48 Å². The van der Waals surface area contributed by atoms with E-state index in [4.69, 9.17) is 5.21 Å². The van der Waals surface area contributed by atoms with Gasteiger partial charge in [-0.05, 0) is 6.08 Å². The lowest BCUT2D eigenvalue weighted by molar-refractivity contribution is -0.107. The number of carbonyl (C=O) groups excluding carboxylic acids is 1. The van der Waals surface area contributed by atoms with Gasteiger partial charge in [0.1, 0.15) is 6.29 Å². The zero-order valence-corrected chi connectivity index (χ0v) is 4.95. The first-order valence-electron chi connectivity index (χ1n) is 2.56. The van der Waals surface area contributed by atoms with E-state index in [1.165, 1.54) is 6.20 Å². The monoisotopic (exact) mass is 127 g/mol. The molecular weight excluding hydrogens is 118 g/mol. The maximum Gasteiger partial charge on any atom is 0.123 e. The molecule has 0 aliphatic heterocycles. The lowest BCUT2D eigenvalue weighted by atomic mass is 10.4. The van der Waals surface area contributed by atoms with Crippen molar-refractivity contribution in [3.05, 3.63) is 24.4 Å². The molecule has 0 bridgehead atoms. The summed E-state index contributed by atoms with van der Waals surface area (Å²) in [5.74, 6) is 0. The van der Waals surface area contributed by atoms with E-state index in [0.29, 0.717) is 6.42 Å². The summed E-state index contributed by atoms with van der Waals surface area (Å²) in [6.45, 7) is 0. The van der Waals surface area contributed by atoms with Crippen molar-refractivity contribution in [2.45, 2.75) is 6.42 Å². The van der Waals surface area contributed by atoms with Gasteiger partial charge in [-0.15, -0.1) is 0 Å². The van der Waals surface area contributed by atoms with Crippen molar-refractivity contribution < 1.29 is 10.0 Å². The molecule has 0 saturated carbocycles. The van der Waals surface area contributed by atoms with Crippen molar-refractivity contribution in [2.24, 2.45) is 0 Å². The standard InChI is InChI=1S/C6H9NO2/c8-6-4-2-1-3-5-7-9/h1-3,5-7,9H,4H2/b2-1-,5-3-. The number of nitrogens with one attached hydrogen (secondary N) is 1. The van der Waals surface area contributed by atoms with Crippen LogP contribution in [0, 0.1) is 0 Å². The van der Waals surface area contributed by atoms with Gasteiger partial charge in [-0.25, -0.2) is 0 Å². The molecule has 0 spiro atoms. The van der Waals surface area contributed by atoms with E-state index in [-0.39, 0.29) is 0 Å². The van der Waals surface area contributed by atoms with Crippen molar-refractivity contribution in [3.8, 4) is 0 Å². The number of hydrogen-bond donors (Lipinski definition) is 2. The lowest BCUT2D eigenvalue weighted by Crippen LogP contribution is -1.91. The number of carbonyl (C=O) groups is 1. The van der Waals surface area contributed by atoms with E-state index in [0.717, 1.165) is 6.29 Å². The summed E-state index contributed by atoms with van der Waals surface area (Å²) in [4.78, 5) is 9.70. The van der Waals surface area contributed by atoms with Gasteiger partial charge in [0, 0.05) is 12.6 Å². The molecule has 0 aliphatic rings. The summed E-state index contributed by atoms with van der Waals surface area (Å²) in [7, 11) is 0. The average Bonchev–Trinajstić information content (AvgIpc) is 1.89. The van der Waals surface area contributed by atoms with Crippen molar-refractivity contribution in [2.75, 3.05) is 0 Å². The van der Waals surface area contributed by atoms with Gasteiger partial charge < -0.3 is 4.79 Å². The molecule has 0 unspecified atom stereocenters. The van der Waals surface area contributed by atoms with E-state index in [2.05, 4.69) is 0 Å². The third-order valence-corrected chi connectivity index (χ3v) is 0.650. The minimum absolute atomic E-state index is 0.412. The van der Waals surface area contributed by atoms with E-state index in [9.17, 15) is 4.79 Å². The molecular formula is C6H9NO2. The molecule has 3 heteroatoms. The first-order valence-corrected chi connectivity index (χ1v) is 2.56. The first-order chi connectivity index (χ1) is 4.41. The van der Waals surface area contributed by atoms with E-state index in [1.807, 2.05) is 5.48 Å². The van der Waals surface area contributed by atoms with Crippen LogP contribution in [0.25, 0.3) is 0 Å².